The van der Waals surface area contributed by atoms with Crippen LogP contribution < -0.4 is 11.1 Å². The first kappa shape index (κ1) is 13.7. The maximum atomic E-state index is 13.3. The summed E-state index contributed by atoms with van der Waals surface area (Å²) in [5.41, 5.74) is 6.33. The predicted molar refractivity (Wildman–Crippen MR) is 68.7 cm³/mol. The third-order valence-corrected chi connectivity index (χ3v) is 2.24. The van der Waals surface area contributed by atoms with Crippen molar-refractivity contribution in [2.24, 2.45) is 0 Å². The van der Waals surface area contributed by atoms with E-state index in [0.29, 0.717) is 31.1 Å². The Labute approximate surface area is 102 Å². The summed E-state index contributed by atoms with van der Waals surface area (Å²) in [7, 11) is 3.98. The van der Waals surface area contributed by atoms with E-state index in [0.717, 1.165) is 6.54 Å². The van der Waals surface area contributed by atoms with Gasteiger partial charge in [-0.05, 0) is 32.3 Å². The molecule has 0 aliphatic rings. The summed E-state index contributed by atoms with van der Waals surface area (Å²) < 4.78 is 18.7. The van der Waals surface area contributed by atoms with E-state index in [2.05, 4.69) is 5.32 Å². The normalized spacial score (nSPS) is 10.8. The smallest absolute Gasteiger partial charge is 0.148 e. The van der Waals surface area contributed by atoms with Crippen LogP contribution in [0.25, 0.3) is 0 Å². The van der Waals surface area contributed by atoms with Crippen LogP contribution in [-0.2, 0) is 4.74 Å². The average Bonchev–Trinajstić information content (AvgIpc) is 2.25. The summed E-state index contributed by atoms with van der Waals surface area (Å²) in [6.45, 7) is 2.70. The SMILES string of the molecule is CN(C)CCOCCNc1ccc(N)cc1F. The second-order valence-corrected chi connectivity index (χ2v) is 4.08. The van der Waals surface area contributed by atoms with E-state index in [1.165, 1.54) is 6.07 Å². The van der Waals surface area contributed by atoms with Gasteiger partial charge < -0.3 is 20.7 Å². The highest BCUT2D eigenvalue weighted by molar-refractivity contribution is 5.52. The van der Waals surface area contributed by atoms with E-state index in [-0.39, 0.29) is 5.82 Å². The van der Waals surface area contributed by atoms with Crippen molar-refractivity contribution >= 4 is 11.4 Å². The van der Waals surface area contributed by atoms with Gasteiger partial charge >= 0.3 is 0 Å². The second-order valence-electron chi connectivity index (χ2n) is 4.08. The summed E-state index contributed by atoms with van der Waals surface area (Å²) in [5, 5.41) is 2.96. The second kappa shape index (κ2) is 7.09. The minimum Gasteiger partial charge on any atom is -0.399 e. The van der Waals surface area contributed by atoms with Crippen molar-refractivity contribution in [1.82, 2.24) is 4.90 Å². The Balaban J connectivity index is 2.18. The first-order valence-electron chi connectivity index (χ1n) is 5.61. The van der Waals surface area contributed by atoms with Crippen LogP contribution in [0.3, 0.4) is 0 Å². The molecule has 0 aliphatic heterocycles. The Hall–Kier alpha value is -1.33. The van der Waals surface area contributed by atoms with Crippen molar-refractivity contribution in [2.75, 3.05) is 51.4 Å². The molecule has 0 atom stereocenters. The van der Waals surface area contributed by atoms with Crippen LogP contribution in [0.1, 0.15) is 0 Å². The van der Waals surface area contributed by atoms with E-state index >= 15 is 0 Å². The third-order valence-electron chi connectivity index (χ3n) is 2.24. The van der Waals surface area contributed by atoms with Gasteiger partial charge in [0, 0.05) is 18.8 Å². The number of likely N-dealkylation sites (N-methyl/N-ethyl adjacent to an activating group) is 1. The Morgan fingerprint density at radius 1 is 1.35 bits per heavy atom. The Bertz CT molecular complexity index is 345. The summed E-state index contributed by atoms with van der Waals surface area (Å²) in [4.78, 5) is 2.05. The van der Waals surface area contributed by atoms with Crippen LogP contribution in [0.15, 0.2) is 18.2 Å². The van der Waals surface area contributed by atoms with E-state index in [1.807, 2.05) is 19.0 Å². The first-order valence-corrected chi connectivity index (χ1v) is 5.61. The molecule has 3 N–H and O–H groups in total. The van der Waals surface area contributed by atoms with Crippen molar-refractivity contribution in [1.29, 1.82) is 0 Å². The van der Waals surface area contributed by atoms with Gasteiger partial charge in [0.25, 0.3) is 0 Å². The quantitative estimate of drug-likeness (QED) is 0.559. The minimum absolute atomic E-state index is 0.335. The van der Waals surface area contributed by atoms with E-state index in [4.69, 9.17) is 10.5 Å². The number of nitrogens with one attached hydrogen (secondary N) is 1. The number of rotatable bonds is 7. The number of hydrogen-bond donors (Lipinski definition) is 2. The van der Waals surface area contributed by atoms with E-state index in [1.54, 1.807) is 12.1 Å². The van der Waals surface area contributed by atoms with Gasteiger partial charge in [0.2, 0.25) is 0 Å². The van der Waals surface area contributed by atoms with Crippen molar-refractivity contribution in [3.63, 3.8) is 0 Å². The zero-order chi connectivity index (χ0) is 12.7. The fourth-order valence-corrected chi connectivity index (χ4v) is 1.28. The lowest BCUT2D eigenvalue weighted by Crippen LogP contribution is -2.20. The number of anilines is 2. The molecule has 0 saturated carbocycles. The van der Waals surface area contributed by atoms with Gasteiger partial charge in [-0.25, -0.2) is 4.39 Å². The lowest BCUT2D eigenvalue weighted by Gasteiger charge is -2.11. The first-order chi connectivity index (χ1) is 8.09. The van der Waals surface area contributed by atoms with Crippen LogP contribution in [0, 0.1) is 5.82 Å². The number of ether oxygens (including phenoxy) is 1. The van der Waals surface area contributed by atoms with Crippen molar-refractivity contribution in [3.8, 4) is 0 Å². The highest BCUT2D eigenvalue weighted by atomic mass is 19.1. The minimum atomic E-state index is -0.335. The molecule has 0 aliphatic carbocycles. The van der Waals surface area contributed by atoms with Crippen molar-refractivity contribution in [2.45, 2.75) is 0 Å². The maximum Gasteiger partial charge on any atom is 0.148 e. The fourth-order valence-electron chi connectivity index (χ4n) is 1.28. The number of nitrogens with zero attached hydrogens (tertiary/aromatic N) is 1. The van der Waals surface area contributed by atoms with Crippen molar-refractivity contribution < 1.29 is 9.13 Å². The number of benzene rings is 1. The Morgan fingerprint density at radius 3 is 2.76 bits per heavy atom. The molecule has 96 valence electrons. The number of nitrogens with two attached hydrogens (primary N) is 1. The molecule has 0 spiro atoms. The molecule has 0 saturated heterocycles. The third kappa shape index (κ3) is 5.51. The number of hydrogen-bond acceptors (Lipinski definition) is 4. The van der Waals surface area contributed by atoms with Gasteiger partial charge in [0.1, 0.15) is 5.82 Å². The standard InChI is InChI=1S/C12H20FN3O/c1-16(2)6-8-17-7-5-15-12-4-3-10(14)9-11(12)13/h3-4,9,15H,5-8,14H2,1-2H3. The monoisotopic (exact) mass is 241 g/mol. The molecule has 0 radical (unpaired) electrons. The Kier molecular flexibility index (Phi) is 5.72. The molecule has 5 heteroatoms. The largest absolute Gasteiger partial charge is 0.399 e. The summed E-state index contributed by atoms with van der Waals surface area (Å²) >= 11 is 0. The maximum absolute atomic E-state index is 13.3. The van der Waals surface area contributed by atoms with Gasteiger partial charge in [-0.15, -0.1) is 0 Å². The van der Waals surface area contributed by atoms with E-state index < -0.39 is 0 Å². The molecule has 0 bridgehead atoms. The highest BCUT2D eigenvalue weighted by Gasteiger charge is 2.00. The van der Waals surface area contributed by atoms with Crippen molar-refractivity contribution in [3.05, 3.63) is 24.0 Å². The molecule has 0 amide bonds. The zero-order valence-electron chi connectivity index (χ0n) is 10.4. The predicted octanol–water partition coefficient (Wildman–Crippen LogP) is 1.40. The lowest BCUT2D eigenvalue weighted by atomic mass is 10.2. The molecule has 0 aromatic heterocycles. The number of nitrogen functional groups attached to an aromatic ring is 1. The van der Waals surface area contributed by atoms with Crippen LogP contribution in [-0.4, -0.2) is 45.3 Å². The molecule has 0 fully saturated rings. The molecule has 1 rings (SSSR count). The molecular formula is C12H20FN3O. The van der Waals surface area contributed by atoms with Gasteiger partial charge in [-0.3, -0.25) is 0 Å². The summed E-state index contributed by atoms with van der Waals surface area (Å²) in [6.07, 6.45) is 0. The van der Waals surface area contributed by atoms with Gasteiger partial charge in [-0.2, -0.15) is 0 Å². The average molecular weight is 241 g/mol. The zero-order valence-corrected chi connectivity index (χ0v) is 10.4. The van der Waals surface area contributed by atoms with Crippen LogP contribution in [0.4, 0.5) is 15.8 Å². The molecule has 0 unspecified atom stereocenters. The van der Waals surface area contributed by atoms with Gasteiger partial charge in [0.15, 0.2) is 0 Å². The van der Waals surface area contributed by atoms with Gasteiger partial charge in [0.05, 0.1) is 18.9 Å². The highest BCUT2D eigenvalue weighted by Crippen LogP contribution is 2.16. The lowest BCUT2D eigenvalue weighted by molar-refractivity contribution is 0.126. The van der Waals surface area contributed by atoms with Crippen LogP contribution >= 0.6 is 0 Å². The molecule has 1 aromatic carbocycles. The molecule has 0 heterocycles. The fraction of sp³-hybridized carbons (Fsp3) is 0.500. The number of halogens is 1. The molecule has 1 aromatic rings. The summed E-state index contributed by atoms with van der Waals surface area (Å²) in [5.74, 6) is -0.335. The Morgan fingerprint density at radius 2 is 2.12 bits per heavy atom. The topological polar surface area (TPSA) is 50.5 Å². The molecule has 4 nitrogen and oxygen atoms in total. The molecule has 17 heavy (non-hydrogen) atoms. The molecular weight excluding hydrogens is 221 g/mol. The van der Waals surface area contributed by atoms with Crippen LogP contribution in [0.5, 0.6) is 0 Å². The van der Waals surface area contributed by atoms with E-state index in [9.17, 15) is 4.39 Å². The summed E-state index contributed by atoms with van der Waals surface area (Å²) in [6, 6.07) is 4.60. The van der Waals surface area contributed by atoms with Gasteiger partial charge in [-0.1, -0.05) is 0 Å². The van der Waals surface area contributed by atoms with Crippen LogP contribution in [0.2, 0.25) is 0 Å².